The molecule has 0 atom stereocenters. The standard InChI is InChI=1S/C13H12OS2/c1-2-10(8-14)6-12-7-11(9-16-12)13-4-3-5-15-13/h3-9H,2H2,1H3. The van der Waals surface area contributed by atoms with Crippen LogP contribution in [-0.2, 0) is 4.79 Å². The summed E-state index contributed by atoms with van der Waals surface area (Å²) >= 11 is 3.41. The average Bonchev–Trinajstić information content (AvgIpc) is 2.96. The molecule has 0 spiro atoms. The summed E-state index contributed by atoms with van der Waals surface area (Å²) in [5.41, 5.74) is 2.09. The van der Waals surface area contributed by atoms with Gasteiger partial charge in [0.15, 0.2) is 0 Å². The summed E-state index contributed by atoms with van der Waals surface area (Å²) in [5, 5.41) is 4.21. The number of thiophene rings is 2. The number of aldehydes is 1. The predicted molar refractivity (Wildman–Crippen MR) is 72.0 cm³/mol. The van der Waals surface area contributed by atoms with E-state index in [1.807, 2.05) is 13.0 Å². The first-order valence-corrected chi connectivity index (χ1v) is 6.87. The topological polar surface area (TPSA) is 17.1 Å². The van der Waals surface area contributed by atoms with Gasteiger partial charge >= 0.3 is 0 Å². The fourth-order valence-corrected chi connectivity index (χ4v) is 3.06. The Morgan fingerprint density at radius 2 is 2.31 bits per heavy atom. The molecular weight excluding hydrogens is 236 g/mol. The SMILES string of the molecule is CCC(C=O)=Cc1cc(-c2cccs2)cs1. The summed E-state index contributed by atoms with van der Waals surface area (Å²) in [6.45, 7) is 1.99. The second-order valence-electron chi connectivity index (χ2n) is 3.41. The molecule has 0 unspecified atom stereocenters. The van der Waals surface area contributed by atoms with Gasteiger partial charge in [-0.05, 0) is 41.0 Å². The smallest absolute Gasteiger partial charge is 0.146 e. The Bertz CT molecular complexity index is 492. The van der Waals surface area contributed by atoms with Crippen molar-refractivity contribution in [2.24, 2.45) is 0 Å². The van der Waals surface area contributed by atoms with Gasteiger partial charge < -0.3 is 0 Å². The molecule has 0 aliphatic heterocycles. The van der Waals surface area contributed by atoms with E-state index in [0.29, 0.717) is 0 Å². The van der Waals surface area contributed by atoms with Gasteiger partial charge in [0.1, 0.15) is 6.29 Å². The van der Waals surface area contributed by atoms with Crippen LogP contribution in [0.4, 0.5) is 0 Å². The van der Waals surface area contributed by atoms with Crippen molar-refractivity contribution in [1.29, 1.82) is 0 Å². The van der Waals surface area contributed by atoms with Crippen LogP contribution in [0.3, 0.4) is 0 Å². The van der Waals surface area contributed by atoms with Crippen LogP contribution in [0.5, 0.6) is 0 Å². The molecule has 2 aromatic rings. The molecule has 16 heavy (non-hydrogen) atoms. The first kappa shape index (κ1) is 11.3. The molecule has 0 amide bonds. The Hall–Kier alpha value is -1.19. The molecule has 0 aromatic carbocycles. The van der Waals surface area contributed by atoms with Crippen LogP contribution in [0.15, 0.2) is 34.5 Å². The summed E-state index contributed by atoms with van der Waals surface area (Å²) in [5.74, 6) is 0. The minimum Gasteiger partial charge on any atom is -0.298 e. The second-order valence-corrected chi connectivity index (χ2v) is 5.30. The van der Waals surface area contributed by atoms with Crippen molar-refractivity contribution in [3.63, 3.8) is 0 Å². The molecule has 1 nitrogen and oxygen atoms in total. The molecule has 0 N–H and O–H groups in total. The van der Waals surface area contributed by atoms with Gasteiger partial charge in [-0.2, -0.15) is 0 Å². The van der Waals surface area contributed by atoms with Gasteiger partial charge in [-0.1, -0.05) is 13.0 Å². The maximum Gasteiger partial charge on any atom is 0.146 e. The molecule has 3 heteroatoms. The molecule has 0 radical (unpaired) electrons. The number of allylic oxidation sites excluding steroid dienone is 1. The molecule has 0 aliphatic carbocycles. The second kappa shape index (κ2) is 5.23. The Labute approximate surface area is 103 Å². The molecule has 0 bridgehead atoms. The lowest BCUT2D eigenvalue weighted by Gasteiger charge is -1.91. The molecule has 0 saturated heterocycles. The zero-order valence-electron chi connectivity index (χ0n) is 8.97. The number of carbonyl (C=O) groups is 1. The highest BCUT2D eigenvalue weighted by Crippen LogP contribution is 2.30. The first-order valence-electron chi connectivity index (χ1n) is 5.11. The zero-order chi connectivity index (χ0) is 11.4. The van der Waals surface area contributed by atoms with Gasteiger partial charge in [0, 0.05) is 15.3 Å². The summed E-state index contributed by atoms with van der Waals surface area (Å²) in [6.07, 6.45) is 3.69. The van der Waals surface area contributed by atoms with Crippen LogP contribution in [-0.4, -0.2) is 6.29 Å². The van der Waals surface area contributed by atoms with Crippen LogP contribution in [0.1, 0.15) is 18.2 Å². The van der Waals surface area contributed by atoms with E-state index in [1.165, 1.54) is 10.4 Å². The Kier molecular flexibility index (Phi) is 3.70. The van der Waals surface area contributed by atoms with E-state index in [1.54, 1.807) is 22.7 Å². The van der Waals surface area contributed by atoms with Crippen LogP contribution < -0.4 is 0 Å². The summed E-state index contributed by atoms with van der Waals surface area (Å²) < 4.78 is 0. The minimum atomic E-state index is 0.787. The molecule has 82 valence electrons. The number of hydrogen-bond donors (Lipinski definition) is 0. The van der Waals surface area contributed by atoms with Crippen LogP contribution >= 0.6 is 22.7 Å². The fourth-order valence-electron chi connectivity index (χ4n) is 1.40. The van der Waals surface area contributed by atoms with Crippen molar-refractivity contribution in [2.45, 2.75) is 13.3 Å². The molecule has 0 saturated carbocycles. The lowest BCUT2D eigenvalue weighted by atomic mass is 10.2. The van der Waals surface area contributed by atoms with Crippen molar-refractivity contribution < 1.29 is 4.79 Å². The Morgan fingerprint density at radius 1 is 1.44 bits per heavy atom. The average molecular weight is 248 g/mol. The zero-order valence-corrected chi connectivity index (χ0v) is 10.6. The molecule has 0 fully saturated rings. The highest BCUT2D eigenvalue weighted by atomic mass is 32.1. The van der Waals surface area contributed by atoms with E-state index in [9.17, 15) is 4.79 Å². The predicted octanol–water partition coefficient (Wildman–Crippen LogP) is 4.47. The monoisotopic (exact) mass is 248 g/mol. The van der Waals surface area contributed by atoms with Crippen molar-refractivity contribution in [3.8, 4) is 10.4 Å². The van der Waals surface area contributed by atoms with E-state index in [4.69, 9.17) is 0 Å². The summed E-state index contributed by atoms with van der Waals surface area (Å²) in [4.78, 5) is 13.1. The van der Waals surface area contributed by atoms with Crippen LogP contribution in [0.25, 0.3) is 16.5 Å². The first-order chi connectivity index (χ1) is 7.83. The highest BCUT2D eigenvalue weighted by molar-refractivity contribution is 7.15. The lowest BCUT2D eigenvalue weighted by Crippen LogP contribution is -1.79. The Morgan fingerprint density at radius 3 is 2.94 bits per heavy atom. The maximum absolute atomic E-state index is 10.7. The third-order valence-electron chi connectivity index (χ3n) is 2.31. The molecule has 2 heterocycles. The van der Waals surface area contributed by atoms with Gasteiger partial charge in [0.25, 0.3) is 0 Å². The van der Waals surface area contributed by atoms with E-state index < -0.39 is 0 Å². The minimum absolute atomic E-state index is 0.787. The third-order valence-corrected chi connectivity index (χ3v) is 4.11. The number of carbonyl (C=O) groups excluding carboxylic acids is 1. The van der Waals surface area contributed by atoms with Crippen LogP contribution in [0, 0.1) is 0 Å². The maximum atomic E-state index is 10.7. The van der Waals surface area contributed by atoms with E-state index in [2.05, 4.69) is 29.0 Å². The Balaban J connectivity index is 2.26. The van der Waals surface area contributed by atoms with E-state index in [-0.39, 0.29) is 0 Å². The highest BCUT2D eigenvalue weighted by Gasteiger charge is 2.02. The van der Waals surface area contributed by atoms with Crippen molar-refractivity contribution in [1.82, 2.24) is 0 Å². The van der Waals surface area contributed by atoms with Crippen molar-refractivity contribution in [2.75, 3.05) is 0 Å². The van der Waals surface area contributed by atoms with Gasteiger partial charge in [0.05, 0.1) is 0 Å². The van der Waals surface area contributed by atoms with Gasteiger partial charge in [-0.25, -0.2) is 0 Å². The number of hydrogen-bond acceptors (Lipinski definition) is 3. The molecular formula is C13H12OS2. The van der Waals surface area contributed by atoms with Crippen molar-refractivity contribution >= 4 is 35.0 Å². The van der Waals surface area contributed by atoms with Crippen LogP contribution in [0.2, 0.25) is 0 Å². The van der Waals surface area contributed by atoms with Crippen molar-refractivity contribution in [3.05, 3.63) is 39.4 Å². The molecule has 0 aliphatic rings. The lowest BCUT2D eigenvalue weighted by molar-refractivity contribution is -0.104. The van der Waals surface area contributed by atoms with Gasteiger partial charge in [0.2, 0.25) is 0 Å². The quantitative estimate of drug-likeness (QED) is 0.576. The van der Waals surface area contributed by atoms with Gasteiger partial charge in [-0.15, -0.1) is 22.7 Å². The summed E-state index contributed by atoms with van der Waals surface area (Å²) in [6, 6.07) is 6.30. The third kappa shape index (κ3) is 2.49. The molecule has 2 rings (SSSR count). The van der Waals surface area contributed by atoms with E-state index >= 15 is 0 Å². The summed E-state index contributed by atoms with van der Waals surface area (Å²) in [7, 11) is 0. The normalized spacial score (nSPS) is 11.7. The fraction of sp³-hybridized carbons (Fsp3) is 0.154. The van der Waals surface area contributed by atoms with E-state index in [0.717, 1.165) is 23.2 Å². The largest absolute Gasteiger partial charge is 0.298 e. The molecule has 2 aromatic heterocycles. The number of rotatable bonds is 4. The van der Waals surface area contributed by atoms with Gasteiger partial charge in [-0.3, -0.25) is 4.79 Å².